The minimum Gasteiger partial charge on any atom is -0.467 e. The van der Waals surface area contributed by atoms with E-state index in [0.717, 1.165) is 0 Å². The summed E-state index contributed by atoms with van der Waals surface area (Å²) in [5.74, 6) is 0.0166. The molecule has 0 aromatic heterocycles. The van der Waals surface area contributed by atoms with Crippen LogP contribution in [0.4, 0.5) is 5.69 Å². The van der Waals surface area contributed by atoms with Gasteiger partial charge in [-0.3, -0.25) is 0 Å². The SMILES string of the molecule is COC(=O)C(CC(C)C)Nc1ccc(C#N)cc1Cl. The van der Waals surface area contributed by atoms with E-state index in [9.17, 15) is 4.79 Å². The zero-order valence-electron chi connectivity index (χ0n) is 11.2. The zero-order valence-corrected chi connectivity index (χ0v) is 12.0. The van der Waals surface area contributed by atoms with Crippen LogP contribution in [0.1, 0.15) is 25.8 Å². The summed E-state index contributed by atoms with van der Waals surface area (Å²) >= 11 is 6.07. The number of nitrogens with zero attached hydrogens (tertiary/aromatic N) is 1. The van der Waals surface area contributed by atoms with Crippen molar-refractivity contribution in [2.24, 2.45) is 5.92 Å². The molecule has 0 heterocycles. The van der Waals surface area contributed by atoms with E-state index < -0.39 is 6.04 Å². The van der Waals surface area contributed by atoms with E-state index in [1.165, 1.54) is 7.11 Å². The third-order valence-corrected chi connectivity index (χ3v) is 2.93. The maximum atomic E-state index is 11.7. The standard InChI is InChI=1S/C14H17ClN2O2/c1-9(2)6-13(14(18)19-3)17-12-5-4-10(8-16)7-11(12)15/h4-5,7,9,13,17H,6H2,1-3H3. The van der Waals surface area contributed by atoms with E-state index in [4.69, 9.17) is 21.6 Å². The molecule has 1 aromatic carbocycles. The van der Waals surface area contributed by atoms with Gasteiger partial charge in [0, 0.05) is 0 Å². The Labute approximate surface area is 118 Å². The highest BCUT2D eigenvalue weighted by Crippen LogP contribution is 2.24. The molecule has 1 atom stereocenters. The Bertz CT molecular complexity index is 495. The predicted molar refractivity (Wildman–Crippen MR) is 75.0 cm³/mol. The van der Waals surface area contributed by atoms with Gasteiger partial charge in [-0.2, -0.15) is 5.26 Å². The van der Waals surface area contributed by atoms with Gasteiger partial charge in [0.2, 0.25) is 0 Å². The number of hydrogen-bond donors (Lipinski definition) is 1. The molecule has 19 heavy (non-hydrogen) atoms. The normalized spacial score (nSPS) is 11.8. The van der Waals surface area contributed by atoms with Gasteiger partial charge in [-0.05, 0) is 30.5 Å². The fourth-order valence-electron chi connectivity index (χ4n) is 1.72. The first-order chi connectivity index (χ1) is 8.97. The first-order valence-electron chi connectivity index (χ1n) is 6.02. The van der Waals surface area contributed by atoms with Crippen molar-refractivity contribution in [3.05, 3.63) is 28.8 Å². The number of halogens is 1. The smallest absolute Gasteiger partial charge is 0.328 e. The fraction of sp³-hybridized carbons (Fsp3) is 0.429. The van der Waals surface area contributed by atoms with Gasteiger partial charge in [0.15, 0.2) is 0 Å². The molecule has 4 nitrogen and oxygen atoms in total. The van der Waals surface area contributed by atoms with E-state index in [-0.39, 0.29) is 5.97 Å². The van der Waals surface area contributed by atoms with Gasteiger partial charge in [-0.25, -0.2) is 4.79 Å². The van der Waals surface area contributed by atoms with Gasteiger partial charge in [0.25, 0.3) is 0 Å². The summed E-state index contributed by atoms with van der Waals surface area (Å²) in [4.78, 5) is 11.7. The molecule has 0 spiro atoms. The average Bonchev–Trinajstić information content (AvgIpc) is 2.38. The molecular weight excluding hydrogens is 264 g/mol. The highest BCUT2D eigenvalue weighted by atomic mass is 35.5. The third kappa shape index (κ3) is 4.46. The minimum absolute atomic E-state index is 0.325. The molecule has 0 saturated carbocycles. The Morgan fingerprint density at radius 2 is 2.21 bits per heavy atom. The fourth-order valence-corrected chi connectivity index (χ4v) is 1.95. The molecule has 0 bridgehead atoms. The number of carbonyl (C=O) groups is 1. The number of benzene rings is 1. The highest BCUT2D eigenvalue weighted by Gasteiger charge is 2.21. The van der Waals surface area contributed by atoms with Crippen molar-refractivity contribution in [3.63, 3.8) is 0 Å². The van der Waals surface area contributed by atoms with Crippen LogP contribution in [0.2, 0.25) is 5.02 Å². The summed E-state index contributed by atoms with van der Waals surface area (Å²) in [6.45, 7) is 4.05. The molecule has 1 N–H and O–H groups in total. The van der Waals surface area contributed by atoms with Gasteiger partial charge in [0.1, 0.15) is 6.04 Å². The molecule has 1 unspecified atom stereocenters. The van der Waals surface area contributed by atoms with Crippen LogP contribution in [0.15, 0.2) is 18.2 Å². The van der Waals surface area contributed by atoms with E-state index in [1.807, 2.05) is 19.9 Å². The summed E-state index contributed by atoms with van der Waals surface area (Å²) < 4.78 is 4.77. The van der Waals surface area contributed by atoms with Crippen molar-refractivity contribution in [1.82, 2.24) is 0 Å². The Morgan fingerprint density at radius 3 is 2.68 bits per heavy atom. The maximum absolute atomic E-state index is 11.7. The first kappa shape index (κ1) is 15.3. The lowest BCUT2D eigenvalue weighted by Crippen LogP contribution is -2.32. The number of methoxy groups -OCH3 is 1. The molecule has 0 fully saturated rings. The molecule has 0 aliphatic carbocycles. The van der Waals surface area contributed by atoms with Crippen molar-refractivity contribution >= 4 is 23.3 Å². The lowest BCUT2D eigenvalue weighted by molar-refractivity contribution is -0.141. The van der Waals surface area contributed by atoms with Crippen LogP contribution in [0.3, 0.4) is 0 Å². The second kappa shape index (κ2) is 7.01. The van der Waals surface area contributed by atoms with Crippen LogP contribution in [0.25, 0.3) is 0 Å². The van der Waals surface area contributed by atoms with Crippen LogP contribution in [-0.2, 0) is 9.53 Å². The van der Waals surface area contributed by atoms with Crippen molar-refractivity contribution in [2.75, 3.05) is 12.4 Å². The largest absolute Gasteiger partial charge is 0.467 e. The Morgan fingerprint density at radius 1 is 1.53 bits per heavy atom. The highest BCUT2D eigenvalue weighted by molar-refractivity contribution is 6.33. The summed E-state index contributed by atoms with van der Waals surface area (Å²) in [6.07, 6.45) is 0.642. The Kier molecular flexibility index (Phi) is 5.65. The number of rotatable bonds is 5. The van der Waals surface area contributed by atoms with Gasteiger partial charge in [0.05, 0.1) is 29.5 Å². The average molecular weight is 281 g/mol. The minimum atomic E-state index is -0.449. The van der Waals surface area contributed by atoms with Crippen molar-refractivity contribution in [3.8, 4) is 6.07 Å². The number of nitriles is 1. The van der Waals surface area contributed by atoms with Crippen LogP contribution in [0.5, 0.6) is 0 Å². The van der Waals surface area contributed by atoms with Crippen molar-refractivity contribution in [2.45, 2.75) is 26.3 Å². The Hall–Kier alpha value is -1.73. The molecule has 0 aliphatic rings. The monoisotopic (exact) mass is 280 g/mol. The second-order valence-corrected chi connectivity index (χ2v) is 5.06. The zero-order chi connectivity index (χ0) is 14.4. The quantitative estimate of drug-likeness (QED) is 0.841. The molecule has 1 aromatic rings. The molecule has 0 radical (unpaired) electrons. The first-order valence-corrected chi connectivity index (χ1v) is 6.39. The maximum Gasteiger partial charge on any atom is 0.328 e. The topological polar surface area (TPSA) is 62.1 Å². The summed E-state index contributed by atoms with van der Waals surface area (Å²) in [5.41, 5.74) is 1.10. The summed E-state index contributed by atoms with van der Waals surface area (Å²) in [6, 6.07) is 6.47. The van der Waals surface area contributed by atoms with Crippen LogP contribution < -0.4 is 5.32 Å². The van der Waals surface area contributed by atoms with E-state index >= 15 is 0 Å². The number of ether oxygens (including phenoxy) is 1. The lowest BCUT2D eigenvalue weighted by atomic mass is 10.0. The number of esters is 1. The van der Waals surface area contributed by atoms with E-state index in [0.29, 0.717) is 28.6 Å². The third-order valence-electron chi connectivity index (χ3n) is 2.62. The van der Waals surface area contributed by atoms with Crippen LogP contribution in [-0.4, -0.2) is 19.1 Å². The van der Waals surface area contributed by atoms with Gasteiger partial charge >= 0.3 is 5.97 Å². The number of hydrogen-bond acceptors (Lipinski definition) is 4. The molecule has 0 amide bonds. The number of anilines is 1. The van der Waals surface area contributed by atoms with E-state index in [2.05, 4.69) is 5.32 Å². The van der Waals surface area contributed by atoms with Gasteiger partial charge < -0.3 is 10.1 Å². The van der Waals surface area contributed by atoms with Crippen LogP contribution in [0, 0.1) is 17.2 Å². The molecule has 1 rings (SSSR count). The molecule has 102 valence electrons. The van der Waals surface area contributed by atoms with E-state index in [1.54, 1.807) is 18.2 Å². The van der Waals surface area contributed by atoms with Gasteiger partial charge in [-0.1, -0.05) is 25.4 Å². The molecule has 0 saturated heterocycles. The second-order valence-electron chi connectivity index (χ2n) is 4.66. The molecule has 5 heteroatoms. The van der Waals surface area contributed by atoms with Gasteiger partial charge in [-0.15, -0.1) is 0 Å². The summed E-state index contributed by atoms with van der Waals surface area (Å²) in [5, 5.41) is 12.3. The predicted octanol–water partition coefficient (Wildman–Crippen LogP) is 3.21. The Balaban J connectivity index is 2.90. The number of carbonyl (C=O) groups excluding carboxylic acids is 1. The molecule has 0 aliphatic heterocycles. The van der Waals surface area contributed by atoms with Crippen molar-refractivity contribution < 1.29 is 9.53 Å². The lowest BCUT2D eigenvalue weighted by Gasteiger charge is -2.20. The van der Waals surface area contributed by atoms with Crippen LogP contribution >= 0.6 is 11.6 Å². The molecular formula is C14H17ClN2O2. The van der Waals surface area contributed by atoms with Crippen molar-refractivity contribution in [1.29, 1.82) is 5.26 Å². The summed E-state index contributed by atoms with van der Waals surface area (Å²) in [7, 11) is 1.36. The number of nitrogens with one attached hydrogen (secondary N) is 1.